The fourth-order valence-electron chi connectivity index (χ4n) is 1.87. The van der Waals surface area contributed by atoms with Gasteiger partial charge in [0.1, 0.15) is 5.82 Å². The van der Waals surface area contributed by atoms with Crippen molar-refractivity contribution in [1.29, 1.82) is 0 Å². The van der Waals surface area contributed by atoms with E-state index in [0.717, 1.165) is 19.5 Å². The number of hydrogen-bond acceptors (Lipinski definition) is 1. The van der Waals surface area contributed by atoms with E-state index in [1.54, 1.807) is 12.1 Å². The van der Waals surface area contributed by atoms with Crippen LogP contribution in [-0.4, -0.2) is 13.1 Å². The predicted molar refractivity (Wildman–Crippen MR) is 72.1 cm³/mol. The molecule has 1 aromatic carbocycles. The maximum absolute atomic E-state index is 13.8. The van der Waals surface area contributed by atoms with Crippen LogP contribution in [0, 0.1) is 11.2 Å². The topological polar surface area (TPSA) is 12.0 Å². The van der Waals surface area contributed by atoms with Crippen LogP contribution in [0.1, 0.15) is 32.8 Å². The number of rotatable bonds is 6. The van der Waals surface area contributed by atoms with Gasteiger partial charge < -0.3 is 5.32 Å². The summed E-state index contributed by atoms with van der Waals surface area (Å²) in [5.74, 6) is -0.280. The van der Waals surface area contributed by atoms with Crippen LogP contribution in [-0.2, 0) is 6.42 Å². The maximum Gasteiger partial charge on any atom is 0.144 e. The highest BCUT2D eigenvalue weighted by atomic mass is 35.5. The Bertz CT molecular complexity index is 363. The molecule has 96 valence electrons. The minimum absolute atomic E-state index is 0.0285. The molecule has 0 saturated heterocycles. The van der Waals surface area contributed by atoms with Crippen molar-refractivity contribution in [1.82, 2.24) is 5.32 Å². The number of nitrogens with one attached hydrogen (secondary N) is 1. The van der Waals surface area contributed by atoms with Crippen molar-refractivity contribution < 1.29 is 4.39 Å². The lowest BCUT2D eigenvalue weighted by molar-refractivity contribution is 0.334. The lowest BCUT2D eigenvalue weighted by Crippen LogP contribution is -2.31. The van der Waals surface area contributed by atoms with Gasteiger partial charge in [-0.3, -0.25) is 0 Å². The highest BCUT2D eigenvalue weighted by Crippen LogP contribution is 2.25. The molecule has 1 aromatic rings. The summed E-state index contributed by atoms with van der Waals surface area (Å²) in [6, 6.07) is 5.20. The normalized spacial score (nSPS) is 11.8. The van der Waals surface area contributed by atoms with Gasteiger partial charge in [0.2, 0.25) is 0 Å². The molecule has 0 radical (unpaired) electrons. The highest BCUT2D eigenvalue weighted by molar-refractivity contribution is 6.30. The molecule has 0 amide bonds. The first-order valence-electron chi connectivity index (χ1n) is 6.10. The SMILES string of the molecule is CCCNCC(C)(C)Cc1cccc(Cl)c1F. The van der Waals surface area contributed by atoms with E-state index < -0.39 is 0 Å². The third-order valence-electron chi connectivity index (χ3n) is 2.73. The lowest BCUT2D eigenvalue weighted by atomic mass is 9.85. The number of halogens is 2. The van der Waals surface area contributed by atoms with E-state index in [1.165, 1.54) is 0 Å². The van der Waals surface area contributed by atoms with Crippen LogP contribution in [0.5, 0.6) is 0 Å². The third kappa shape index (κ3) is 4.64. The molecule has 0 aliphatic heterocycles. The molecule has 1 nitrogen and oxygen atoms in total. The van der Waals surface area contributed by atoms with Gasteiger partial charge in [-0.2, -0.15) is 0 Å². The van der Waals surface area contributed by atoms with Crippen molar-refractivity contribution >= 4 is 11.6 Å². The van der Waals surface area contributed by atoms with Crippen LogP contribution in [0.25, 0.3) is 0 Å². The average Bonchev–Trinajstić information content (AvgIpc) is 2.25. The zero-order valence-corrected chi connectivity index (χ0v) is 11.6. The van der Waals surface area contributed by atoms with Gasteiger partial charge in [0.15, 0.2) is 0 Å². The molecule has 0 unspecified atom stereocenters. The van der Waals surface area contributed by atoms with Gasteiger partial charge in [0, 0.05) is 6.54 Å². The van der Waals surface area contributed by atoms with E-state index in [9.17, 15) is 4.39 Å². The van der Waals surface area contributed by atoms with Crippen molar-refractivity contribution in [2.24, 2.45) is 5.41 Å². The highest BCUT2D eigenvalue weighted by Gasteiger charge is 2.20. The first kappa shape index (κ1) is 14.5. The Balaban J connectivity index is 2.65. The van der Waals surface area contributed by atoms with Gasteiger partial charge in [0.25, 0.3) is 0 Å². The Morgan fingerprint density at radius 1 is 1.35 bits per heavy atom. The smallest absolute Gasteiger partial charge is 0.144 e. The second-order valence-electron chi connectivity index (χ2n) is 5.23. The number of hydrogen-bond donors (Lipinski definition) is 1. The molecule has 0 aromatic heterocycles. The fourth-order valence-corrected chi connectivity index (χ4v) is 2.06. The van der Waals surface area contributed by atoms with Crippen LogP contribution in [0.4, 0.5) is 4.39 Å². The van der Waals surface area contributed by atoms with Crippen LogP contribution >= 0.6 is 11.6 Å². The van der Waals surface area contributed by atoms with Gasteiger partial charge in [-0.05, 0) is 36.4 Å². The molecule has 0 saturated carbocycles. The van der Waals surface area contributed by atoms with Gasteiger partial charge in [0.05, 0.1) is 5.02 Å². The van der Waals surface area contributed by atoms with Crippen molar-refractivity contribution in [2.45, 2.75) is 33.6 Å². The Morgan fingerprint density at radius 3 is 2.71 bits per heavy atom. The Morgan fingerprint density at radius 2 is 2.06 bits per heavy atom. The van der Waals surface area contributed by atoms with Crippen molar-refractivity contribution in [3.05, 3.63) is 34.6 Å². The summed E-state index contributed by atoms with van der Waals surface area (Å²) in [7, 11) is 0. The average molecular weight is 258 g/mol. The van der Waals surface area contributed by atoms with E-state index in [4.69, 9.17) is 11.6 Å². The Hall–Kier alpha value is -0.600. The van der Waals surface area contributed by atoms with E-state index in [-0.39, 0.29) is 16.3 Å². The molecule has 1 rings (SSSR count). The molecule has 0 aliphatic rings. The van der Waals surface area contributed by atoms with E-state index in [0.29, 0.717) is 12.0 Å². The van der Waals surface area contributed by atoms with E-state index >= 15 is 0 Å². The van der Waals surface area contributed by atoms with E-state index in [2.05, 4.69) is 26.1 Å². The maximum atomic E-state index is 13.8. The van der Waals surface area contributed by atoms with Gasteiger partial charge >= 0.3 is 0 Å². The molecule has 0 aliphatic carbocycles. The zero-order valence-electron chi connectivity index (χ0n) is 10.8. The molecule has 1 N–H and O–H groups in total. The Kier molecular flexibility index (Phi) is 5.41. The third-order valence-corrected chi connectivity index (χ3v) is 3.02. The predicted octanol–water partition coefficient (Wildman–Crippen LogP) is 4.05. The Labute approximate surface area is 108 Å². The van der Waals surface area contributed by atoms with Crippen LogP contribution in [0.15, 0.2) is 18.2 Å². The summed E-state index contributed by atoms with van der Waals surface area (Å²) in [6.45, 7) is 8.29. The molecule has 0 heterocycles. The summed E-state index contributed by atoms with van der Waals surface area (Å²) >= 11 is 5.78. The van der Waals surface area contributed by atoms with Gasteiger partial charge in [-0.15, -0.1) is 0 Å². The molecule has 0 fully saturated rings. The number of benzene rings is 1. The largest absolute Gasteiger partial charge is 0.316 e. The monoisotopic (exact) mass is 257 g/mol. The molecule has 17 heavy (non-hydrogen) atoms. The van der Waals surface area contributed by atoms with E-state index in [1.807, 2.05) is 6.07 Å². The van der Waals surface area contributed by atoms with Crippen LogP contribution < -0.4 is 5.32 Å². The summed E-state index contributed by atoms with van der Waals surface area (Å²) in [5.41, 5.74) is 0.724. The first-order chi connectivity index (χ1) is 7.96. The van der Waals surface area contributed by atoms with Gasteiger partial charge in [-0.1, -0.05) is 44.5 Å². The summed E-state index contributed by atoms with van der Waals surface area (Å²) in [6.07, 6.45) is 1.80. The zero-order chi connectivity index (χ0) is 12.9. The standard InChI is InChI=1S/C14H21ClFN/c1-4-8-17-10-14(2,3)9-11-6-5-7-12(15)13(11)16/h5-7,17H,4,8-10H2,1-3H3. The lowest BCUT2D eigenvalue weighted by Gasteiger charge is -2.25. The summed E-state index contributed by atoms with van der Waals surface area (Å²) in [5, 5.41) is 3.58. The minimum atomic E-state index is -0.280. The van der Waals surface area contributed by atoms with Crippen molar-refractivity contribution in [3.8, 4) is 0 Å². The molecule has 3 heteroatoms. The van der Waals surface area contributed by atoms with Crippen molar-refractivity contribution in [3.63, 3.8) is 0 Å². The second-order valence-corrected chi connectivity index (χ2v) is 5.64. The quantitative estimate of drug-likeness (QED) is 0.759. The molecule has 0 bridgehead atoms. The van der Waals surface area contributed by atoms with Crippen molar-refractivity contribution in [2.75, 3.05) is 13.1 Å². The summed E-state index contributed by atoms with van der Waals surface area (Å²) in [4.78, 5) is 0. The molecule has 0 atom stereocenters. The molecule has 0 spiro atoms. The van der Waals surface area contributed by atoms with Crippen LogP contribution in [0.3, 0.4) is 0 Å². The summed E-state index contributed by atoms with van der Waals surface area (Å²) < 4.78 is 13.8. The molecular weight excluding hydrogens is 237 g/mol. The first-order valence-corrected chi connectivity index (χ1v) is 6.47. The van der Waals surface area contributed by atoms with Crippen LogP contribution in [0.2, 0.25) is 5.02 Å². The van der Waals surface area contributed by atoms with Gasteiger partial charge in [-0.25, -0.2) is 4.39 Å². The minimum Gasteiger partial charge on any atom is -0.316 e. The molecular formula is C14H21ClFN. The fraction of sp³-hybridized carbons (Fsp3) is 0.571. The second kappa shape index (κ2) is 6.36.